The Morgan fingerprint density at radius 3 is 2.38 bits per heavy atom. The minimum Gasteiger partial charge on any atom is -0.493 e. The zero-order chi connectivity index (χ0) is 15.3. The molecule has 118 valence electrons. The summed E-state index contributed by atoms with van der Waals surface area (Å²) in [5.41, 5.74) is 6.40. The van der Waals surface area contributed by atoms with Crippen LogP contribution >= 0.6 is 12.2 Å². The third-order valence-electron chi connectivity index (χ3n) is 2.65. The van der Waals surface area contributed by atoms with Crippen LogP contribution in [0.5, 0.6) is 5.75 Å². The minimum atomic E-state index is 0.343. The lowest BCUT2D eigenvalue weighted by molar-refractivity contribution is 0.0224. The second-order valence-electron chi connectivity index (χ2n) is 4.28. The van der Waals surface area contributed by atoms with Gasteiger partial charge in [-0.3, -0.25) is 0 Å². The predicted molar refractivity (Wildman–Crippen MR) is 86.0 cm³/mol. The lowest BCUT2D eigenvalue weighted by atomic mass is 10.2. The van der Waals surface area contributed by atoms with Crippen LogP contribution in [0.15, 0.2) is 24.3 Å². The zero-order valence-corrected chi connectivity index (χ0v) is 13.2. The minimum absolute atomic E-state index is 0.343. The molecule has 0 unspecified atom stereocenters. The van der Waals surface area contributed by atoms with E-state index >= 15 is 0 Å². The number of benzene rings is 1. The molecule has 0 aromatic heterocycles. The van der Waals surface area contributed by atoms with Crippen LogP contribution in [0.3, 0.4) is 0 Å². The van der Waals surface area contributed by atoms with Gasteiger partial charge in [0.05, 0.1) is 38.6 Å². The molecule has 21 heavy (non-hydrogen) atoms. The molecular formula is C15H23NO4S. The monoisotopic (exact) mass is 313 g/mol. The van der Waals surface area contributed by atoms with Crippen molar-refractivity contribution in [3.05, 3.63) is 29.8 Å². The van der Waals surface area contributed by atoms with E-state index in [1.54, 1.807) is 7.11 Å². The van der Waals surface area contributed by atoms with Gasteiger partial charge in [-0.1, -0.05) is 24.4 Å². The first kappa shape index (κ1) is 17.8. The van der Waals surface area contributed by atoms with E-state index in [9.17, 15) is 0 Å². The third-order valence-corrected chi connectivity index (χ3v) is 2.87. The highest BCUT2D eigenvalue weighted by atomic mass is 32.1. The Balaban J connectivity index is 2.06. The maximum atomic E-state index is 5.66. The molecule has 1 aromatic rings. The van der Waals surface area contributed by atoms with Crippen molar-refractivity contribution in [1.82, 2.24) is 0 Å². The standard InChI is InChI=1S/C15H23NO4S/c1-17-9-10-19-12-11-18-7-4-8-20-14-6-3-2-5-13(14)15(16)21/h2-3,5-6H,4,7-12H2,1H3,(H2,16,21). The van der Waals surface area contributed by atoms with Gasteiger partial charge in [-0.25, -0.2) is 0 Å². The van der Waals surface area contributed by atoms with Gasteiger partial charge < -0.3 is 24.7 Å². The second-order valence-corrected chi connectivity index (χ2v) is 4.72. The summed E-state index contributed by atoms with van der Waals surface area (Å²) in [5, 5.41) is 0. The first-order chi connectivity index (χ1) is 10.3. The van der Waals surface area contributed by atoms with Crippen molar-refractivity contribution < 1.29 is 18.9 Å². The number of thiocarbonyl (C=S) groups is 1. The van der Waals surface area contributed by atoms with Crippen molar-refractivity contribution in [1.29, 1.82) is 0 Å². The normalized spacial score (nSPS) is 10.5. The smallest absolute Gasteiger partial charge is 0.129 e. The highest BCUT2D eigenvalue weighted by Crippen LogP contribution is 2.17. The number of methoxy groups -OCH3 is 1. The van der Waals surface area contributed by atoms with Crippen molar-refractivity contribution in [3.63, 3.8) is 0 Å². The molecule has 1 aromatic carbocycles. The van der Waals surface area contributed by atoms with Gasteiger partial charge in [-0.05, 0) is 12.1 Å². The summed E-state index contributed by atoms with van der Waals surface area (Å²) in [6.07, 6.45) is 0.795. The van der Waals surface area contributed by atoms with Crippen molar-refractivity contribution in [2.24, 2.45) is 5.73 Å². The van der Waals surface area contributed by atoms with Crippen LogP contribution < -0.4 is 10.5 Å². The molecule has 0 aliphatic carbocycles. The van der Waals surface area contributed by atoms with Crippen LogP contribution in [0.1, 0.15) is 12.0 Å². The Labute approximate surface area is 131 Å². The maximum Gasteiger partial charge on any atom is 0.129 e. The Morgan fingerprint density at radius 2 is 1.67 bits per heavy atom. The summed E-state index contributed by atoms with van der Waals surface area (Å²) in [5.74, 6) is 0.716. The summed E-state index contributed by atoms with van der Waals surface area (Å²) in [7, 11) is 1.65. The van der Waals surface area contributed by atoms with E-state index in [1.807, 2.05) is 24.3 Å². The molecule has 0 saturated carbocycles. The highest BCUT2D eigenvalue weighted by Gasteiger charge is 2.04. The molecule has 1 rings (SSSR count). The average Bonchev–Trinajstić information content (AvgIpc) is 2.49. The van der Waals surface area contributed by atoms with Gasteiger partial charge in [0.25, 0.3) is 0 Å². The molecule has 0 bridgehead atoms. The molecule has 0 heterocycles. The van der Waals surface area contributed by atoms with E-state index in [-0.39, 0.29) is 0 Å². The van der Waals surface area contributed by atoms with Crippen molar-refractivity contribution in [3.8, 4) is 5.75 Å². The number of rotatable bonds is 12. The summed E-state index contributed by atoms with van der Waals surface area (Å²) in [6, 6.07) is 7.49. The van der Waals surface area contributed by atoms with Crippen LogP contribution in [-0.2, 0) is 14.2 Å². The summed E-state index contributed by atoms with van der Waals surface area (Å²) in [4.78, 5) is 0.343. The fourth-order valence-electron chi connectivity index (χ4n) is 1.60. The van der Waals surface area contributed by atoms with Gasteiger partial charge in [0.1, 0.15) is 10.7 Å². The van der Waals surface area contributed by atoms with Crippen LogP contribution in [0, 0.1) is 0 Å². The van der Waals surface area contributed by atoms with Gasteiger partial charge in [0.15, 0.2) is 0 Å². The molecule has 0 spiro atoms. The number of para-hydroxylation sites is 1. The zero-order valence-electron chi connectivity index (χ0n) is 12.4. The molecule has 0 amide bonds. The van der Waals surface area contributed by atoms with Gasteiger partial charge in [0, 0.05) is 20.1 Å². The summed E-state index contributed by atoms with van der Waals surface area (Å²) < 4.78 is 21.2. The van der Waals surface area contributed by atoms with E-state index in [1.165, 1.54) is 0 Å². The lowest BCUT2D eigenvalue weighted by Crippen LogP contribution is -2.13. The topological polar surface area (TPSA) is 62.9 Å². The van der Waals surface area contributed by atoms with Crippen molar-refractivity contribution in [2.45, 2.75) is 6.42 Å². The maximum absolute atomic E-state index is 5.66. The van der Waals surface area contributed by atoms with Crippen LogP contribution in [0.4, 0.5) is 0 Å². The van der Waals surface area contributed by atoms with E-state index in [2.05, 4.69) is 0 Å². The number of hydrogen-bond acceptors (Lipinski definition) is 5. The highest BCUT2D eigenvalue weighted by molar-refractivity contribution is 7.80. The van der Waals surface area contributed by atoms with Gasteiger partial charge >= 0.3 is 0 Å². The Kier molecular flexibility index (Phi) is 9.73. The predicted octanol–water partition coefficient (Wildman–Crippen LogP) is 1.77. The Bertz CT molecular complexity index is 414. The third kappa shape index (κ3) is 7.96. The van der Waals surface area contributed by atoms with Crippen LogP contribution in [-0.4, -0.2) is 51.7 Å². The van der Waals surface area contributed by atoms with Crippen molar-refractivity contribution in [2.75, 3.05) is 46.8 Å². The molecule has 0 saturated heterocycles. The van der Waals surface area contributed by atoms with Crippen LogP contribution in [0.25, 0.3) is 0 Å². The van der Waals surface area contributed by atoms with Gasteiger partial charge in [-0.2, -0.15) is 0 Å². The molecule has 0 atom stereocenters. The van der Waals surface area contributed by atoms with Crippen LogP contribution in [0.2, 0.25) is 0 Å². The fourth-order valence-corrected chi connectivity index (χ4v) is 1.77. The quantitative estimate of drug-likeness (QED) is 0.469. The SMILES string of the molecule is COCCOCCOCCCOc1ccccc1C(N)=S. The van der Waals surface area contributed by atoms with Gasteiger partial charge in [0.2, 0.25) is 0 Å². The summed E-state index contributed by atoms with van der Waals surface area (Å²) >= 11 is 4.98. The molecule has 2 N–H and O–H groups in total. The average molecular weight is 313 g/mol. The Hall–Kier alpha value is -1.21. The molecule has 6 heteroatoms. The molecule has 0 aliphatic rings. The van der Waals surface area contributed by atoms with E-state index < -0.39 is 0 Å². The molecule has 0 aliphatic heterocycles. The molecule has 0 fully saturated rings. The number of nitrogens with two attached hydrogens (primary N) is 1. The first-order valence-corrected chi connectivity index (χ1v) is 7.32. The number of hydrogen-bond donors (Lipinski definition) is 1. The molecular weight excluding hydrogens is 290 g/mol. The van der Waals surface area contributed by atoms with E-state index in [4.69, 9.17) is 36.9 Å². The largest absolute Gasteiger partial charge is 0.493 e. The lowest BCUT2D eigenvalue weighted by Gasteiger charge is -2.10. The Morgan fingerprint density at radius 1 is 1.00 bits per heavy atom. The van der Waals surface area contributed by atoms with Crippen molar-refractivity contribution >= 4 is 17.2 Å². The second kappa shape index (κ2) is 11.4. The molecule has 5 nitrogen and oxygen atoms in total. The van der Waals surface area contributed by atoms with Gasteiger partial charge in [-0.15, -0.1) is 0 Å². The first-order valence-electron chi connectivity index (χ1n) is 6.91. The summed E-state index contributed by atoms with van der Waals surface area (Å²) in [6.45, 7) is 3.55. The van der Waals surface area contributed by atoms with E-state index in [0.717, 1.165) is 12.0 Å². The molecule has 0 radical (unpaired) electrons. The fraction of sp³-hybridized carbons (Fsp3) is 0.533. The van der Waals surface area contributed by atoms with E-state index in [0.29, 0.717) is 50.4 Å². The number of ether oxygens (including phenoxy) is 4.